The molecule has 0 aromatic heterocycles. The van der Waals surface area contributed by atoms with Gasteiger partial charge in [0.25, 0.3) is 0 Å². The van der Waals surface area contributed by atoms with E-state index in [9.17, 15) is 0 Å². The summed E-state index contributed by atoms with van der Waals surface area (Å²) in [4.78, 5) is 0. The van der Waals surface area contributed by atoms with Crippen LogP contribution in [-0.2, 0) is 0 Å². The van der Waals surface area contributed by atoms with Crippen LogP contribution in [0.5, 0.6) is 0 Å². The fourth-order valence-electron chi connectivity index (χ4n) is 1.50. The zero-order chi connectivity index (χ0) is 11.4. The fraction of sp³-hybridized carbons (Fsp3) is 0.0769. The van der Waals surface area contributed by atoms with E-state index in [1.54, 1.807) is 0 Å². The summed E-state index contributed by atoms with van der Waals surface area (Å²) in [6, 6.07) is 17.4. The summed E-state index contributed by atoms with van der Waals surface area (Å²) in [7, 11) is 0. The first-order valence-electron chi connectivity index (χ1n) is 5.18. The van der Waals surface area contributed by atoms with Gasteiger partial charge in [0.15, 0.2) is 0 Å². The molecule has 82 valence electrons. The molecule has 0 heterocycles. The molecule has 1 atom stereocenters. The summed E-state index contributed by atoms with van der Waals surface area (Å²) in [6.07, 6.45) is -0.204. The smallest absolute Gasteiger partial charge is 0.101 e. The maximum Gasteiger partial charge on any atom is 0.101 e. The van der Waals surface area contributed by atoms with Crippen molar-refractivity contribution < 1.29 is 0 Å². The number of nitrogens with one attached hydrogen (secondary N) is 1. The Hall–Kier alpha value is -2.00. The van der Waals surface area contributed by atoms with Crippen LogP contribution >= 0.6 is 0 Å². The lowest BCUT2D eigenvalue weighted by atomic mass is 10.1. The van der Waals surface area contributed by atoms with Gasteiger partial charge in [-0.25, -0.2) is 0 Å². The van der Waals surface area contributed by atoms with Crippen LogP contribution in [0.2, 0.25) is 0 Å². The highest BCUT2D eigenvalue weighted by molar-refractivity contribution is 5.52. The van der Waals surface area contributed by atoms with Gasteiger partial charge >= 0.3 is 0 Å². The predicted molar refractivity (Wildman–Crippen MR) is 67.8 cm³/mol. The topological polar surface area (TPSA) is 64.1 Å². The van der Waals surface area contributed by atoms with E-state index in [-0.39, 0.29) is 6.17 Å². The number of hydrogen-bond donors (Lipinski definition) is 3. The van der Waals surface area contributed by atoms with Crippen molar-refractivity contribution in [1.29, 1.82) is 0 Å². The molecule has 0 aliphatic carbocycles. The zero-order valence-electron chi connectivity index (χ0n) is 8.93. The second kappa shape index (κ2) is 4.68. The third-order valence-electron chi connectivity index (χ3n) is 2.39. The lowest BCUT2D eigenvalue weighted by Gasteiger charge is -2.15. The third-order valence-corrected chi connectivity index (χ3v) is 2.39. The number of hydrogen-bond acceptors (Lipinski definition) is 3. The molecule has 3 heteroatoms. The second-order valence-electron chi connectivity index (χ2n) is 3.65. The Labute approximate surface area is 95.1 Å². The summed E-state index contributed by atoms with van der Waals surface area (Å²) in [5, 5.41) is 3.21. The van der Waals surface area contributed by atoms with E-state index in [1.165, 1.54) is 0 Å². The van der Waals surface area contributed by atoms with Gasteiger partial charge in [-0.1, -0.05) is 30.3 Å². The minimum atomic E-state index is -0.204. The van der Waals surface area contributed by atoms with E-state index >= 15 is 0 Å². The van der Waals surface area contributed by atoms with Gasteiger partial charge < -0.3 is 16.8 Å². The van der Waals surface area contributed by atoms with Crippen molar-refractivity contribution in [2.24, 2.45) is 5.73 Å². The van der Waals surface area contributed by atoms with Crippen LogP contribution in [0.15, 0.2) is 54.6 Å². The Morgan fingerprint density at radius 2 is 1.50 bits per heavy atom. The van der Waals surface area contributed by atoms with Gasteiger partial charge in [-0.15, -0.1) is 0 Å². The number of benzene rings is 2. The molecule has 0 aliphatic heterocycles. The molecule has 0 amide bonds. The average Bonchev–Trinajstić information content (AvgIpc) is 2.33. The van der Waals surface area contributed by atoms with Crippen LogP contribution < -0.4 is 16.8 Å². The Bertz CT molecular complexity index is 436. The summed E-state index contributed by atoms with van der Waals surface area (Å²) in [5.74, 6) is 0. The third kappa shape index (κ3) is 2.52. The monoisotopic (exact) mass is 213 g/mol. The van der Waals surface area contributed by atoms with E-state index < -0.39 is 0 Å². The summed E-state index contributed by atoms with van der Waals surface area (Å²) in [6.45, 7) is 0. The first-order valence-corrected chi connectivity index (χ1v) is 5.18. The molecule has 0 saturated heterocycles. The molecule has 0 aliphatic rings. The van der Waals surface area contributed by atoms with Gasteiger partial charge in [-0.2, -0.15) is 0 Å². The fourth-order valence-corrected chi connectivity index (χ4v) is 1.50. The lowest BCUT2D eigenvalue weighted by Crippen LogP contribution is -2.19. The Morgan fingerprint density at radius 1 is 0.875 bits per heavy atom. The maximum absolute atomic E-state index is 6.02. The normalized spacial score (nSPS) is 12.1. The van der Waals surface area contributed by atoms with Crippen molar-refractivity contribution in [3.63, 3.8) is 0 Å². The van der Waals surface area contributed by atoms with Gasteiger partial charge in [0.1, 0.15) is 6.17 Å². The van der Waals surface area contributed by atoms with Crippen LogP contribution in [0.1, 0.15) is 11.7 Å². The van der Waals surface area contributed by atoms with Gasteiger partial charge in [0.2, 0.25) is 0 Å². The molecule has 0 fully saturated rings. The van der Waals surface area contributed by atoms with Gasteiger partial charge in [0.05, 0.1) is 0 Å². The SMILES string of the molecule is Nc1ccc(NC(N)c2ccccc2)cc1. The van der Waals surface area contributed by atoms with Crippen molar-refractivity contribution in [3.8, 4) is 0 Å². The minimum absolute atomic E-state index is 0.204. The van der Waals surface area contributed by atoms with Crippen molar-refractivity contribution in [3.05, 3.63) is 60.2 Å². The summed E-state index contributed by atoms with van der Waals surface area (Å²) in [5.41, 5.74) is 14.4. The lowest BCUT2D eigenvalue weighted by molar-refractivity contribution is 0.836. The maximum atomic E-state index is 6.02. The molecule has 0 saturated carbocycles. The van der Waals surface area contributed by atoms with Gasteiger partial charge in [-0.3, -0.25) is 0 Å². The number of nitrogen functional groups attached to an aromatic ring is 1. The highest BCUT2D eigenvalue weighted by Gasteiger charge is 2.03. The van der Waals surface area contributed by atoms with E-state index in [2.05, 4.69) is 5.32 Å². The van der Waals surface area contributed by atoms with E-state index in [1.807, 2.05) is 54.6 Å². The molecular formula is C13H15N3. The molecule has 5 N–H and O–H groups in total. The second-order valence-corrected chi connectivity index (χ2v) is 3.65. The summed E-state index contributed by atoms with van der Waals surface area (Å²) < 4.78 is 0. The Balaban J connectivity index is 2.08. The predicted octanol–water partition coefficient (Wildman–Crippen LogP) is 2.34. The molecule has 2 aromatic rings. The quantitative estimate of drug-likeness (QED) is 0.541. The Morgan fingerprint density at radius 3 is 2.12 bits per heavy atom. The van der Waals surface area contributed by atoms with E-state index in [0.717, 1.165) is 16.9 Å². The van der Waals surface area contributed by atoms with Crippen LogP contribution in [0.4, 0.5) is 11.4 Å². The number of rotatable bonds is 3. The standard InChI is InChI=1S/C13H15N3/c14-11-6-8-12(9-7-11)16-13(15)10-4-2-1-3-5-10/h1-9,13,16H,14-15H2. The molecule has 2 aromatic carbocycles. The molecule has 0 spiro atoms. The molecular weight excluding hydrogens is 198 g/mol. The molecule has 1 unspecified atom stereocenters. The zero-order valence-corrected chi connectivity index (χ0v) is 8.93. The van der Waals surface area contributed by atoms with E-state index in [4.69, 9.17) is 11.5 Å². The largest absolute Gasteiger partial charge is 0.399 e. The molecule has 16 heavy (non-hydrogen) atoms. The van der Waals surface area contributed by atoms with Crippen molar-refractivity contribution in [2.45, 2.75) is 6.17 Å². The van der Waals surface area contributed by atoms with Gasteiger partial charge in [-0.05, 0) is 29.8 Å². The minimum Gasteiger partial charge on any atom is -0.399 e. The molecule has 2 rings (SSSR count). The number of anilines is 2. The first kappa shape index (κ1) is 10.5. The average molecular weight is 213 g/mol. The first-order chi connectivity index (χ1) is 7.75. The molecule has 0 bridgehead atoms. The highest BCUT2D eigenvalue weighted by Crippen LogP contribution is 2.16. The van der Waals surface area contributed by atoms with Crippen LogP contribution in [0.3, 0.4) is 0 Å². The van der Waals surface area contributed by atoms with Crippen molar-refractivity contribution in [2.75, 3.05) is 11.1 Å². The van der Waals surface area contributed by atoms with Crippen LogP contribution in [-0.4, -0.2) is 0 Å². The molecule has 0 radical (unpaired) electrons. The van der Waals surface area contributed by atoms with Crippen molar-refractivity contribution >= 4 is 11.4 Å². The van der Waals surface area contributed by atoms with Gasteiger partial charge in [0, 0.05) is 11.4 Å². The summed E-state index contributed by atoms with van der Waals surface area (Å²) >= 11 is 0. The van der Waals surface area contributed by atoms with E-state index in [0.29, 0.717) is 0 Å². The number of nitrogens with two attached hydrogens (primary N) is 2. The highest BCUT2D eigenvalue weighted by atomic mass is 15.0. The van der Waals surface area contributed by atoms with Crippen LogP contribution in [0.25, 0.3) is 0 Å². The van der Waals surface area contributed by atoms with Crippen molar-refractivity contribution in [1.82, 2.24) is 0 Å². The van der Waals surface area contributed by atoms with Crippen LogP contribution in [0, 0.1) is 0 Å². The molecule has 3 nitrogen and oxygen atoms in total. The Kier molecular flexibility index (Phi) is 3.08.